The summed E-state index contributed by atoms with van der Waals surface area (Å²) in [5.74, 6) is -7.06. The molecule has 38 nitrogen and oxygen atoms in total. The smallest absolute Gasteiger partial charge is 0.404 e. The first-order valence-electron chi connectivity index (χ1n) is 30.1. The van der Waals surface area contributed by atoms with Gasteiger partial charge in [0.1, 0.15) is 101 Å². The van der Waals surface area contributed by atoms with Gasteiger partial charge in [-0.2, -0.15) is 0 Å². The standard InChI is InChI=1S/C55H85N17O21S3/c1-20-33(69-46(72-44(20)58)25(12-31(57)76)64-13-24(56)45(59)82)50(86)71-35(41(26-14-61-19-65-26)91-54-43(39(80)37(78)29(15-73)90-54)92-53-40(81)42(93-55(60)88)38(79)30(16-74)89-53)51(87)66-22(3)36(77)21(2)47(83)70-34(23(4)75)49(85)63-10-8-32-67-28(18-94-32)52-68-27(17-95-52)48(84)62-9-7-11-96(5)6/h14,17,19,21-25,28-30,34-43,53-54,64,73-75,77-81H,7-13,15-16,18,56H2,1-6H3,(H13-,57,58,59,60,61,62,63,65,66,69,70,71,72,76,82,83,84,85,86,87,88)/p+1/t21-,22+,23+,24-,25-,28?,29-,30+,34-,35-,36-,37+,38+,39-,40-,41-,42-,43-,53+,54-/m0/s1. The molecule has 1 unspecified atom stereocenters. The van der Waals surface area contributed by atoms with Crippen LogP contribution in [0.3, 0.4) is 0 Å². The predicted octanol–water partition coefficient (Wildman–Crippen LogP) is -7.79. The minimum absolute atomic E-state index is 0.0284. The lowest BCUT2D eigenvalue weighted by Gasteiger charge is -2.47. The van der Waals surface area contributed by atoms with Crippen molar-refractivity contribution in [3.63, 3.8) is 0 Å². The lowest BCUT2D eigenvalue weighted by atomic mass is 9.96. The molecule has 96 heavy (non-hydrogen) atoms. The molecule has 0 radical (unpaired) electrons. The van der Waals surface area contributed by atoms with Gasteiger partial charge in [-0.25, -0.2) is 24.7 Å². The molecule has 3 aromatic rings. The summed E-state index contributed by atoms with van der Waals surface area (Å²) in [4.78, 5) is 131. The molecular formula is C55H86N17O21S3+. The quantitative estimate of drug-likeness (QED) is 0.0192. The SMILES string of the molecule is Cc1c(N)nc([C@H](CC(N)=O)NC[C@H](N)C(N)=O)nc1C(=O)N[C@H](C(=O)N[C@H](C)[C@@H](O)[C@H](C)C(=O)N[C@H](C(=O)NCCC1=NC(c2nc(C(=O)NCCC[S+](C)C)cs2)CS1)[C@@H](C)O)[C@@H](O[C@@H]1O[C@@H](CO)[C@@H](O)[C@H](O)[C@@H]1O[C@H]1O[C@H](CO)[C@@H](O)[C@H](OC(N)=O)[C@@H]1O)c1cnc[nH]1. The molecule has 8 amide bonds. The molecule has 0 saturated carbocycles. The van der Waals surface area contributed by atoms with Crippen LogP contribution in [0.2, 0.25) is 0 Å². The molecule has 2 fully saturated rings. The molecular weight excluding hydrogens is 1330 g/mol. The molecule has 6 heterocycles. The topological polar surface area (TPSA) is 627 Å². The van der Waals surface area contributed by atoms with Gasteiger partial charge in [0.05, 0.1) is 85.2 Å². The number of hydrogen-bond donors (Lipinski definition) is 20. The predicted molar refractivity (Wildman–Crippen MR) is 341 cm³/mol. The number of aromatic nitrogens is 5. The number of thiazole rings is 1. The number of carbonyl (C=O) groups excluding carboxylic acids is 8. The summed E-state index contributed by atoms with van der Waals surface area (Å²) >= 11 is 2.75. The van der Waals surface area contributed by atoms with Crippen LogP contribution in [0.1, 0.15) is 101 Å². The molecule has 534 valence electrons. The lowest BCUT2D eigenvalue weighted by Crippen LogP contribution is -2.65. The molecule has 3 aromatic heterocycles. The second kappa shape index (κ2) is 36.1. The number of aliphatic hydroxyl groups excluding tert-OH is 8. The van der Waals surface area contributed by atoms with Crippen LogP contribution in [-0.4, -0.2) is 273 Å². The molecule has 0 aromatic carbocycles. The van der Waals surface area contributed by atoms with E-state index in [4.69, 9.17) is 57.3 Å². The third kappa shape index (κ3) is 20.8. The van der Waals surface area contributed by atoms with Gasteiger partial charge >= 0.3 is 6.09 Å². The average molecular weight is 1420 g/mol. The van der Waals surface area contributed by atoms with Gasteiger partial charge in [0, 0.05) is 55.6 Å². The van der Waals surface area contributed by atoms with Gasteiger partial charge in [-0.1, -0.05) is 6.92 Å². The van der Waals surface area contributed by atoms with Crippen LogP contribution in [0.15, 0.2) is 22.9 Å². The summed E-state index contributed by atoms with van der Waals surface area (Å²) in [6.45, 7) is 3.25. The normalized spacial score (nSPS) is 25.5. The van der Waals surface area contributed by atoms with E-state index in [-0.39, 0.29) is 65.3 Å². The first kappa shape index (κ1) is 78.1. The van der Waals surface area contributed by atoms with Crippen LogP contribution in [0, 0.1) is 12.8 Å². The van der Waals surface area contributed by atoms with Crippen molar-refractivity contribution in [2.45, 2.75) is 163 Å². The highest BCUT2D eigenvalue weighted by atomic mass is 32.2. The number of imidazole rings is 1. The van der Waals surface area contributed by atoms with Crippen molar-refractivity contribution in [1.29, 1.82) is 0 Å². The molecule has 2 saturated heterocycles. The number of aliphatic hydroxyl groups is 8. The Balaban J connectivity index is 1.26. The molecule has 41 heteroatoms. The molecule has 6 rings (SSSR count). The molecule has 0 aliphatic carbocycles. The molecule has 25 N–H and O–H groups in total. The highest BCUT2D eigenvalue weighted by Crippen LogP contribution is 2.36. The number of anilines is 1. The largest absolute Gasteiger partial charge is 0.441 e. The third-order valence-corrected chi connectivity index (χ3v) is 18.7. The monoisotopic (exact) mass is 1420 g/mol. The highest BCUT2D eigenvalue weighted by molar-refractivity contribution is 8.14. The number of nitrogens with one attached hydrogen (secondary N) is 7. The zero-order valence-corrected chi connectivity index (χ0v) is 55.5. The number of rotatable bonds is 35. The number of thioether (sulfide) groups is 1. The molecule has 3 aliphatic heterocycles. The maximum Gasteiger partial charge on any atom is 0.404 e. The van der Waals surface area contributed by atoms with Crippen LogP contribution >= 0.6 is 23.1 Å². The number of hydrogen-bond acceptors (Lipinski definition) is 31. The van der Waals surface area contributed by atoms with Crippen molar-refractivity contribution in [3.05, 3.63) is 51.4 Å². The van der Waals surface area contributed by atoms with E-state index in [1.807, 2.05) is 0 Å². The number of aliphatic imine (C=N–C) groups is 1. The van der Waals surface area contributed by atoms with Gasteiger partial charge in [0.15, 0.2) is 18.7 Å². The number of primary amides is 3. The third-order valence-electron chi connectivity index (χ3n) is 15.5. The summed E-state index contributed by atoms with van der Waals surface area (Å²) in [5.41, 5.74) is 27.6. The maximum absolute atomic E-state index is 15.2. The molecule has 0 bridgehead atoms. The van der Waals surface area contributed by atoms with E-state index in [1.54, 1.807) is 5.38 Å². The second-order valence-electron chi connectivity index (χ2n) is 23.1. The van der Waals surface area contributed by atoms with Crippen LogP contribution in [0.4, 0.5) is 10.6 Å². The summed E-state index contributed by atoms with van der Waals surface area (Å²) < 4.78 is 28.7. The second-order valence-corrected chi connectivity index (χ2v) is 27.4. The zero-order chi connectivity index (χ0) is 71.0. The number of H-pyrrole nitrogens is 1. The van der Waals surface area contributed by atoms with Gasteiger partial charge in [-0.3, -0.25) is 38.6 Å². The van der Waals surface area contributed by atoms with Gasteiger partial charge in [0.2, 0.25) is 29.5 Å². The van der Waals surface area contributed by atoms with Crippen molar-refractivity contribution < 1.29 is 103 Å². The van der Waals surface area contributed by atoms with Crippen molar-refractivity contribution in [2.75, 3.05) is 62.6 Å². The van der Waals surface area contributed by atoms with E-state index in [2.05, 4.69) is 69.3 Å². The molecule has 0 spiro atoms. The fourth-order valence-electron chi connectivity index (χ4n) is 10.0. The number of amides is 8. The summed E-state index contributed by atoms with van der Waals surface area (Å²) in [6.07, 6.45) is -19.9. The summed E-state index contributed by atoms with van der Waals surface area (Å²) in [6, 6.07) is -8.14. The Hall–Kier alpha value is -6.91. The Morgan fingerprint density at radius 1 is 0.823 bits per heavy atom. The van der Waals surface area contributed by atoms with Crippen LogP contribution in [0.5, 0.6) is 0 Å². The van der Waals surface area contributed by atoms with Gasteiger partial charge < -0.3 is 130 Å². The van der Waals surface area contributed by atoms with Gasteiger partial charge in [0.25, 0.3) is 11.8 Å². The lowest BCUT2D eigenvalue weighted by molar-refractivity contribution is -0.372. The Labute approximate surface area is 560 Å². The number of nitrogen functional groups attached to an aromatic ring is 1. The fraction of sp³-hybridized carbons (Fsp3) is 0.655. The number of aromatic amines is 1. The van der Waals surface area contributed by atoms with Gasteiger partial charge in [-0.05, 0) is 31.7 Å². The number of nitrogens with zero attached hydrogens (tertiary/aromatic N) is 5. The number of nitrogens with two attached hydrogens (primary N) is 5. The summed E-state index contributed by atoms with van der Waals surface area (Å²) in [7, 11) is 0.261. The summed E-state index contributed by atoms with van der Waals surface area (Å²) in [5, 5.41) is 107. The highest BCUT2D eigenvalue weighted by Gasteiger charge is 2.54. The first-order valence-corrected chi connectivity index (χ1v) is 34.2. The van der Waals surface area contributed by atoms with Gasteiger partial charge in [-0.15, -0.1) is 23.1 Å². The minimum atomic E-state index is -2.20. The average Bonchev–Trinajstić information content (AvgIpc) is 0.885. The van der Waals surface area contributed by atoms with Crippen LogP contribution in [-0.2, 0) is 58.6 Å². The van der Waals surface area contributed by atoms with E-state index in [0.717, 1.165) is 24.7 Å². The minimum Gasteiger partial charge on any atom is -0.441 e. The van der Waals surface area contributed by atoms with E-state index in [0.29, 0.717) is 28.0 Å². The Morgan fingerprint density at radius 2 is 1.51 bits per heavy atom. The van der Waals surface area contributed by atoms with E-state index in [9.17, 15) is 74.4 Å². The molecule has 3 aliphatic rings. The van der Waals surface area contributed by atoms with E-state index in [1.165, 1.54) is 50.8 Å². The Kier molecular flexibility index (Phi) is 29.3. The number of carbonyl (C=O) groups is 8. The van der Waals surface area contributed by atoms with Crippen LogP contribution < -0.4 is 60.6 Å². The Morgan fingerprint density at radius 3 is 2.14 bits per heavy atom. The van der Waals surface area contributed by atoms with Crippen molar-refractivity contribution >= 4 is 92.3 Å². The van der Waals surface area contributed by atoms with E-state index < -0.39 is 183 Å². The Bertz CT molecular complexity index is 3180. The molecule has 20 atom stereocenters. The van der Waals surface area contributed by atoms with Crippen molar-refractivity contribution in [3.8, 4) is 0 Å². The first-order chi connectivity index (χ1) is 45.3. The van der Waals surface area contributed by atoms with Crippen molar-refractivity contribution in [2.24, 2.45) is 33.8 Å². The van der Waals surface area contributed by atoms with Crippen LogP contribution in [0.25, 0.3) is 0 Å². The zero-order valence-electron chi connectivity index (χ0n) is 53.1. The van der Waals surface area contributed by atoms with E-state index >= 15 is 4.79 Å². The van der Waals surface area contributed by atoms with Crippen molar-refractivity contribution in [1.82, 2.24) is 56.8 Å². The maximum atomic E-state index is 15.2. The fourth-order valence-corrected chi connectivity index (χ4v) is 12.7. The number of ether oxygens (including phenoxy) is 5.